The number of carboxylic acids is 1. The maximum Gasteiger partial charge on any atom is 0.307 e. The smallest absolute Gasteiger partial charge is 0.307 e. The van der Waals surface area contributed by atoms with Gasteiger partial charge in [0.15, 0.2) is 0 Å². The van der Waals surface area contributed by atoms with E-state index < -0.39 is 5.97 Å². The van der Waals surface area contributed by atoms with E-state index in [9.17, 15) is 9.90 Å². The molecule has 0 bridgehead atoms. The van der Waals surface area contributed by atoms with Crippen molar-refractivity contribution in [2.24, 2.45) is 11.8 Å². The van der Waals surface area contributed by atoms with Crippen LogP contribution < -0.4 is 0 Å². The van der Waals surface area contributed by atoms with Gasteiger partial charge in [0.25, 0.3) is 0 Å². The van der Waals surface area contributed by atoms with E-state index in [1.165, 1.54) is 11.8 Å². The van der Waals surface area contributed by atoms with Crippen LogP contribution in [-0.4, -0.2) is 21.3 Å². The predicted molar refractivity (Wildman–Crippen MR) is 73.0 cm³/mol. The molecule has 0 radical (unpaired) electrons. The Hall–Kier alpha value is -0.740. The van der Waals surface area contributed by atoms with E-state index in [4.69, 9.17) is 11.6 Å². The number of hydrogen-bond acceptors (Lipinski definition) is 3. The van der Waals surface area contributed by atoms with Crippen LogP contribution in [0.1, 0.15) is 26.2 Å². The second kappa shape index (κ2) is 5.93. The second-order valence-corrected chi connectivity index (χ2v) is 6.44. The average Bonchev–Trinajstić information content (AvgIpc) is 2.32. The Labute approximate surface area is 116 Å². The molecular weight excluding hydrogens is 270 g/mol. The van der Waals surface area contributed by atoms with Gasteiger partial charge in [-0.1, -0.05) is 18.5 Å². The number of carboxylic acid groups (broad SMARTS) is 1. The minimum Gasteiger partial charge on any atom is -0.481 e. The van der Waals surface area contributed by atoms with Gasteiger partial charge in [0.05, 0.1) is 10.9 Å². The zero-order chi connectivity index (χ0) is 13.1. The molecule has 0 aromatic carbocycles. The normalized spacial score (nSPS) is 28.0. The fourth-order valence-corrected chi connectivity index (χ4v) is 4.03. The minimum absolute atomic E-state index is 0.0682. The highest BCUT2D eigenvalue weighted by Crippen LogP contribution is 2.41. The SMILES string of the molecule is CC1CCC(C(=O)O)C(Sc2ncccc2Cl)C1. The van der Waals surface area contributed by atoms with Crippen LogP contribution in [0.2, 0.25) is 5.02 Å². The first-order valence-electron chi connectivity index (χ1n) is 6.08. The summed E-state index contributed by atoms with van der Waals surface area (Å²) in [6, 6.07) is 3.57. The van der Waals surface area contributed by atoms with Gasteiger partial charge in [0.2, 0.25) is 0 Å². The molecule has 1 aliphatic carbocycles. The Balaban J connectivity index is 2.14. The zero-order valence-corrected chi connectivity index (χ0v) is 11.7. The largest absolute Gasteiger partial charge is 0.481 e. The summed E-state index contributed by atoms with van der Waals surface area (Å²) in [7, 11) is 0. The lowest BCUT2D eigenvalue weighted by Crippen LogP contribution is -2.32. The van der Waals surface area contributed by atoms with Crippen LogP contribution in [0.15, 0.2) is 23.4 Å². The number of pyridine rings is 1. The van der Waals surface area contributed by atoms with Gasteiger partial charge >= 0.3 is 5.97 Å². The summed E-state index contributed by atoms with van der Waals surface area (Å²) < 4.78 is 0. The lowest BCUT2D eigenvalue weighted by atomic mass is 9.82. The number of aliphatic carboxylic acids is 1. The summed E-state index contributed by atoms with van der Waals surface area (Å²) in [4.78, 5) is 15.5. The molecule has 0 saturated heterocycles. The van der Waals surface area contributed by atoms with E-state index in [-0.39, 0.29) is 11.2 Å². The van der Waals surface area contributed by atoms with Crippen LogP contribution >= 0.6 is 23.4 Å². The first-order valence-corrected chi connectivity index (χ1v) is 7.33. The van der Waals surface area contributed by atoms with Gasteiger partial charge in [-0.3, -0.25) is 4.79 Å². The van der Waals surface area contributed by atoms with Crippen LogP contribution in [0.5, 0.6) is 0 Å². The highest BCUT2D eigenvalue weighted by molar-refractivity contribution is 8.00. The molecule has 1 aromatic heterocycles. The molecule has 1 saturated carbocycles. The summed E-state index contributed by atoms with van der Waals surface area (Å²) >= 11 is 7.58. The maximum absolute atomic E-state index is 11.3. The Morgan fingerprint density at radius 2 is 2.33 bits per heavy atom. The van der Waals surface area contributed by atoms with E-state index in [1.54, 1.807) is 18.3 Å². The lowest BCUT2D eigenvalue weighted by molar-refractivity contribution is -0.142. The van der Waals surface area contributed by atoms with Crippen molar-refractivity contribution >= 4 is 29.3 Å². The molecule has 18 heavy (non-hydrogen) atoms. The van der Waals surface area contributed by atoms with Gasteiger partial charge in [-0.15, -0.1) is 11.8 Å². The van der Waals surface area contributed by atoms with E-state index in [2.05, 4.69) is 11.9 Å². The molecule has 1 N–H and O–H groups in total. The quantitative estimate of drug-likeness (QED) is 0.920. The van der Waals surface area contributed by atoms with Gasteiger partial charge in [-0.2, -0.15) is 0 Å². The summed E-state index contributed by atoms with van der Waals surface area (Å²) in [5.41, 5.74) is 0. The molecule has 1 aliphatic rings. The monoisotopic (exact) mass is 285 g/mol. The van der Waals surface area contributed by atoms with Crippen molar-refractivity contribution in [2.45, 2.75) is 36.5 Å². The topological polar surface area (TPSA) is 50.2 Å². The first-order chi connectivity index (χ1) is 8.58. The number of nitrogens with zero attached hydrogens (tertiary/aromatic N) is 1. The molecule has 1 fully saturated rings. The third-order valence-corrected chi connectivity index (χ3v) is 5.15. The molecule has 0 aliphatic heterocycles. The van der Waals surface area contributed by atoms with Crippen LogP contribution in [0.25, 0.3) is 0 Å². The molecular formula is C13H16ClNO2S. The van der Waals surface area contributed by atoms with Crippen LogP contribution in [0.4, 0.5) is 0 Å². The maximum atomic E-state index is 11.3. The average molecular weight is 286 g/mol. The predicted octanol–water partition coefficient (Wildman–Crippen LogP) is 3.72. The Bertz CT molecular complexity index is 441. The Morgan fingerprint density at radius 1 is 1.56 bits per heavy atom. The molecule has 1 heterocycles. The van der Waals surface area contributed by atoms with Crippen molar-refractivity contribution in [3.05, 3.63) is 23.4 Å². The molecule has 5 heteroatoms. The van der Waals surface area contributed by atoms with Crippen molar-refractivity contribution in [1.29, 1.82) is 0 Å². The molecule has 2 rings (SSSR count). The molecule has 3 nitrogen and oxygen atoms in total. The van der Waals surface area contributed by atoms with E-state index in [0.717, 1.165) is 24.3 Å². The van der Waals surface area contributed by atoms with Crippen LogP contribution in [-0.2, 0) is 4.79 Å². The minimum atomic E-state index is -0.702. The lowest BCUT2D eigenvalue weighted by Gasteiger charge is -2.31. The van der Waals surface area contributed by atoms with Crippen molar-refractivity contribution < 1.29 is 9.90 Å². The molecule has 3 atom stereocenters. The zero-order valence-electron chi connectivity index (χ0n) is 10.2. The third-order valence-electron chi connectivity index (χ3n) is 3.36. The van der Waals surface area contributed by atoms with Gasteiger partial charge < -0.3 is 5.11 Å². The molecule has 1 aromatic rings. The number of hydrogen-bond donors (Lipinski definition) is 1. The van der Waals surface area contributed by atoms with E-state index in [0.29, 0.717) is 10.9 Å². The van der Waals surface area contributed by atoms with Gasteiger partial charge in [-0.05, 0) is 37.3 Å². The molecule has 0 spiro atoms. The summed E-state index contributed by atoms with van der Waals surface area (Å²) in [5, 5.41) is 10.7. The number of thioether (sulfide) groups is 1. The standard InChI is InChI=1S/C13H16ClNO2S/c1-8-4-5-9(13(16)17)11(7-8)18-12-10(14)3-2-6-15-12/h2-3,6,8-9,11H,4-5,7H2,1H3,(H,16,17). The number of halogens is 1. The number of carbonyl (C=O) groups is 1. The highest BCUT2D eigenvalue weighted by Gasteiger charge is 2.34. The summed E-state index contributed by atoms with van der Waals surface area (Å²) in [5.74, 6) is -0.420. The van der Waals surface area contributed by atoms with Crippen molar-refractivity contribution in [3.63, 3.8) is 0 Å². The van der Waals surface area contributed by atoms with E-state index >= 15 is 0 Å². The van der Waals surface area contributed by atoms with Crippen molar-refractivity contribution in [3.8, 4) is 0 Å². The second-order valence-electron chi connectivity index (χ2n) is 4.81. The molecule has 3 unspecified atom stereocenters. The highest BCUT2D eigenvalue weighted by atomic mass is 35.5. The Kier molecular flexibility index (Phi) is 4.51. The third kappa shape index (κ3) is 3.18. The number of rotatable bonds is 3. The number of aromatic nitrogens is 1. The summed E-state index contributed by atoms with van der Waals surface area (Å²) in [6.45, 7) is 2.17. The van der Waals surface area contributed by atoms with Crippen LogP contribution in [0, 0.1) is 11.8 Å². The van der Waals surface area contributed by atoms with Crippen molar-refractivity contribution in [1.82, 2.24) is 4.98 Å². The first kappa shape index (κ1) is 13.7. The van der Waals surface area contributed by atoms with Gasteiger partial charge in [-0.25, -0.2) is 4.98 Å². The fourth-order valence-electron chi connectivity index (χ4n) is 2.34. The summed E-state index contributed by atoms with van der Waals surface area (Å²) in [6.07, 6.45) is 4.34. The van der Waals surface area contributed by atoms with Crippen molar-refractivity contribution in [2.75, 3.05) is 0 Å². The molecule has 98 valence electrons. The Morgan fingerprint density at radius 3 is 3.00 bits per heavy atom. The molecule has 0 amide bonds. The van der Waals surface area contributed by atoms with Gasteiger partial charge in [0.1, 0.15) is 5.03 Å². The van der Waals surface area contributed by atoms with Gasteiger partial charge in [0, 0.05) is 11.4 Å². The van der Waals surface area contributed by atoms with Crippen LogP contribution in [0.3, 0.4) is 0 Å². The fraction of sp³-hybridized carbons (Fsp3) is 0.538. The van der Waals surface area contributed by atoms with E-state index in [1.807, 2.05) is 0 Å².